The van der Waals surface area contributed by atoms with Gasteiger partial charge in [-0.25, -0.2) is 4.79 Å². The molecule has 7 heteroatoms. The van der Waals surface area contributed by atoms with Crippen LogP contribution in [0.5, 0.6) is 0 Å². The van der Waals surface area contributed by atoms with E-state index >= 15 is 0 Å². The maximum absolute atomic E-state index is 13.5. The minimum Gasteiger partial charge on any atom is -0.465 e. The number of allylic oxidation sites excluding steroid dienone is 2. The Labute approximate surface area is 215 Å². The van der Waals surface area contributed by atoms with Crippen molar-refractivity contribution in [2.75, 3.05) is 12.0 Å². The molecule has 2 heterocycles. The van der Waals surface area contributed by atoms with Crippen LogP contribution in [0, 0.1) is 27.7 Å². The quantitative estimate of drug-likeness (QED) is 0.218. The van der Waals surface area contributed by atoms with Gasteiger partial charge in [-0.1, -0.05) is 35.3 Å². The molecule has 4 rings (SSSR count). The van der Waals surface area contributed by atoms with Crippen molar-refractivity contribution in [1.29, 1.82) is 0 Å². The van der Waals surface area contributed by atoms with E-state index in [0.717, 1.165) is 39.5 Å². The lowest BCUT2D eigenvalue weighted by molar-refractivity contribution is -0.137. The molecule has 2 aromatic carbocycles. The highest BCUT2D eigenvalue weighted by molar-refractivity contribution is 6.43. The molecule has 5 nitrogen and oxygen atoms in total. The van der Waals surface area contributed by atoms with Crippen molar-refractivity contribution in [2.45, 2.75) is 34.6 Å². The molecule has 1 aliphatic heterocycles. The molecule has 0 atom stereocenters. The summed E-state index contributed by atoms with van der Waals surface area (Å²) in [6, 6.07) is 13.5. The third kappa shape index (κ3) is 4.30. The zero-order valence-electron chi connectivity index (χ0n) is 20.5. The summed E-state index contributed by atoms with van der Waals surface area (Å²) >= 11 is 12.8. The minimum atomic E-state index is -0.651. The molecule has 0 fully saturated rings. The van der Waals surface area contributed by atoms with Crippen LogP contribution in [0.4, 0.5) is 5.69 Å². The Balaban J connectivity index is 1.92. The van der Waals surface area contributed by atoms with E-state index in [2.05, 4.69) is 6.07 Å². The van der Waals surface area contributed by atoms with Crippen molar-refractivity contribution in [3.63, 3.8) is 0 Å². The zero-order valence-corrected chi connectivity index (χ0v) is 22.0. The van der Waals surface area contributed by atoms with Crippen LogP contribution in [0.2, 0.25) is 10.0 Å². The van der Waals surface area contributed by atoms with E-state index in [1.165, 1.54) is 7.11 Å². The number of halogens is 2. The first-order valence-electron chi connectivity index (χ1n) is 11.1. The summed E-state index contributed by atoms with van der Waals surface area (Å²) in [4.78, 5) is 27.9. The van der Waals surface area contributed by atoms with Gasteiger partial charge in [0.2, 0.25) is 5.78 Å². The summed E-state index contributed by atoms with van der Waals surface area (Å²) in [7, 11) is 1.28. The molecule has 0 amide bonds. The summed E-state index contributed by atoms with van der Waals surface area (Å²) < 4.78 is 6.93. The molecule has 0 spiro atoms. The molecule has 0 unspecified atom stereocenters. The molecule has 0 saturated carbocycles. The average Bonchev–Trinajstić information content (AvgIpc) is 3.20. The second-order valence-corrected chi connectivity index (χ2v) is 9.51. The van der Waals surface area contributed by atoms with Crippen LogP contribution in [0.25, 0.3) is 11.8 Å². The lowest BCUT2D eigenvalue weighted by atomic mass is 10.1. The number of anilines is 1. The van der Waals surface area contributed by atoms with Gasteiger partial charge in [-0.15, -0.1) is 0 Å². The van der Waals surface area contributed by atoms with Crippen molar-refractivity contribution >= 4 is 46.7 Å². The molecule has 0 radical (unpaired) electrons. The number of carbonyl (C=O) groups excluding carboxylic acids is 2. The Hall–Kier alpha value is -3.28. The summed E-state index contributed by atoms with van der Waals surface area (Å²) in [5.41, 5.74) is 7.27. The van der Waals surface area contributed by atoms with E-state index in [9.17, 15) is 9.59 Å². The van der Waals surface area contributed by atoms with Gasteiger partial charge in [0.25, 0.3) is 0 Å². The number of Topliss-reactive ketones (excluding diaryl/α,β-unsaturated/α-hetero) is 1. The van der Waals surface area contributed by atoms with Crippen LogP contribution < -0.4 is 4.90 Å². The first-order chi connectivity index (χ1) is 16.5. The minimum absolute atomic E-state index is 0.0320. The van der Waals surface area contributed by atoms with Gasteiger partial charge in [-0.2, -0.15) is 0 Å². The van der Waals surface area contributed by atoms with Crippen LogP contribution in [-0.2, 0) is 14.3 Å². The van der Waals surface area contributed by atoms with Gasteiger partial charge in [-0.3, -0.25) is 4.79 Å². The summed E-state index contributed by atoms with van der Waals surface area (Å²) in [6.45, 7) is 9.69. The number of methoxy groups -OCH3 is 1. The molecular weight excluding hydrogens is 483 g/mol. The number of aryl methyl sites for hydroxylation is 3. The molecule has 35 heavy (non-hydrogen) atoms. The molecule has 0 N–H and O–H groups in total. The van der Waals surface area contributed by atoms with E-state index < -0.39 is 5.97 Å². The number of hydrogen-bond donors (Lipinski definition) is 0. The predicted octanol–water partition coefficient (Wildman–Crippen LogP) is 6.89. The zero-order chi connectivity index (χ0) is 25.6. The second-order valence-electron chi connectivity index (χ2n) is 8.73. The van der Waals surface area contributed by atoms with Crippen molar-refractivity contribution in [3.05, 3.63) is 97.6 Å². The topological polar surface area (TPSA) is 51.5 Å². The van der Waals surface area contributed by atoms with Crippen LogP contribution in [0.3, 0.4) is 0 Å². The van der Waals surface area contributed by atoms with Gasteiger partial charge >= 0.3 is 5.97 Å². The van der Waals surface area contributed by atoms with E-state index in [1.807, 2.05) is 73.6 Å². The number of benzene rings is 2. The van der Waals surface area contributed by atoms with Crippen LogP contribution in [-0.4, -0.2) is 23.4 Å². The molecule has 1 aromatic heterocycles. The standard InChI is InChI=1S/C28H26Cl2N2O3/c1-15-10-16(2)12-21(11-15)32-19(5)25(28(34)35-6)27(33)24(32)14-20-13-17(3)31(18(20)4)23-9-7-8-22(29)26(23)30/h7-14H,1-6H3/b24-14-. The number of rotatable bonds is 4. The predicted molar refractivity (Wildman–Crippen MR) is 141 cm³/mol. The number of esters is 1. The Kier molecular flexibility index (Phi) is 6.67. The summed E-state index contributed by atoms with van der Waals surface area (Å²) in [5, 5.41) is 0.917. The molecule has 0 aliphatic carbocycles. The van der Waals surface area contributed by atoms with E-state index in [-0.39, 0.29) is 11.4 Å². The fourth-order valence-corrected chi connectivity index (χ4v) is 5.07. The van der Waals surface area contributed by atoms with Crippen LogP contribution >= 0.6 is 23.2 Å². The molecule has 0 saturated heterocycles. The van der Waals surface area contributed by atoms with Crippen molar-refractivity contribution < 1.29 is 14.3 Å². The van der Waals surface area contributed by atoms with Crippen LogP contribution in [0.1, 0.15) is 35.0 Å². The van der Waals surface area contributed by atoms with E-state index in [4.69, 9.17) is 27.9 Å². The Morgan fingerprint density at radius 1 is 0.971 bits per heavy atom. The monoisotopic (exact) mass is 508 g/mol. The Morgan fingerprint density at radius 3 is 2.26 bits per heavy atom. The SMILES string of the molecule is COC(=O)C1=C(C)N(c2cc(C)cc(C)c2)/C(=C\c2cc(C)n(-c3cccc(Cl)c3Cl)c2C)C1=O. The van der Waals surface area contributed by atoms with Crippen molar-refractivity contribution in [2.24, 2.45) is 0 Å². The van der Waals surface area contributed by atoms with Crippen molar-refractivity contribution in [1.82, 2.24) is 4.57 Å². The van der Waals surface area contributed by atoms with Gasteiger partial charge in [0.05, 0.1) is 28.5 Å². The Bertz CT molecular complexity index is 1430. The number of hydrogen-bond acceptors (Lipinski definition) is 4. The second kappa shape index (κ2) is 9.40. The third-order valence-electron chi connectivity index (χ3n) is 6.19. The lowest BCUT2D eigenvalue weighted by Crippen LogP contribution is -2.18. The summed E-state index contributed by atoms with van der Waals surface area (Å²) in [5.74, 6) is -1.03. The first-order valence-corrected chi connectivity index (χ1v) is 11.9. The number of aromatic nitrogens is 1. The van der Waals surface area contributed by atoms with E-state index in [1.54, 1.807) is 13.0 Å². The fraction of sp³-hybridized carbons (Fsp3) is 0.214. The van der Waals surface area contributed by atoms with Gasteiger partial charge in [0.15, 0.2) is 0 Å². The van der Waals surface area contributed by atoms with Crippen LogP contribution in [0.15, 0.2) is 59.4 Å². The third-order valence-corrected chi connectivity index (χ3v) is 7.00. The van der Waals surface area contributed by atoms with Gasteiger partial charge in [0.1, 0.15) is 5.57 Å². The molecule has 3 aromatic rings. The largest absolute Gasteiger partial charge is 0.465 e. The number of ether oxygens (including phenoxy) is 1. The number of nitrogens with zero attached hydrogens (tertiary/aromatic N) is 2. The maximum Gasteiger partial charge on any atom is 0.343 e. The average molecular weight is 509 g/mol. The highest BCUT2D eigenvalue weighted by Crippen LogP contribution is 2.38. The van der Waals surface area contributed by atoms with Gasteiger partial charge in [0, 0.05) is 22.8 Å². The molecular formula is C28H26Cl2N2O3. The summed E-state index contributed by atoms with van der Waals surface area (Å²) in [6.07, 6.45) is 1.82. The first kappa shape index (κ1) is 24.8. The molecule has 0 bridgehead atoms. The number of carbonyl (C=O) groups is 2. The highest BCUT2D eigenvalue weighted by Gasteiger charge is 2.38. The lowest BCUT2D eigenvalue weighted by Gasteiger charge is -2.22. The molecule has 180 valence electrons. The maximum atomic E-state index is 13.5. The smallest absolute Gasteiger partial charge is 0.343 e. The van der Waals surface area contributed by atoms with Gasteiger partial charge in [-0.05, 0) is 87.7 Å². The fourth-order valence-electron chi connectivity index (χ4n) is 4.69. The highest BCUT2D eigenvalue weighted by atomic mass is 35.5. The van der Waals surface area contributed by atoms with E-state index in [0.29, 0.717) is 21.4 Å². The Morgan fingerprint density at radius 2 is 1.63 bits per heavy atom. The molecule has 1 aliphatic rings. The van der Waals surface area contributed by atoms with Crippen molar-refractivity contribution in [3.8, 4) is 5.69 Å². The normalized spacial score (nSPS) is 14.9. The van der Waals surface area contributed by atoms with Gasteiger partial charge < -0.3 is 14.2 Å². The number of ketones is 1.